The van der Waals surface area contributed by atoms with Crippen LogP contribution in [0.4, 0.5) is 0 Å². The van der Waals surface area contributed by atoms with E-state index in [1.165, 1.54) is 0 Å². The van der Waals surface area contributed by atoms with E-state index < -0.39 is 6.49 Å². The van der Waals surface area contributed by atoms with Crippen LogP contribution in [0, 0.1) is 0 Å². The lowest BCUT2D eigenvalue weighted by Crippen LogP contribution is -2.29. The fourth-order valence-electron chi connectivity index (χ4n) is 0.483. The summed E-state index contributed by atoms with van der Waals surface area (Å²) in [5.41, 5.74) is 0. The van der Waals surface area contributed by atoms with Crippen LogP contribution in [0.15, 0.2) is 0 Å². The van der Waals surface area contributed by atoms with Gasteiger partial charge in [-0.2, -0.15) is 0 Å². The molecule has 0 saturated heterocycles. The van der Waals surface area contributed by atoms with Crippen LogP contribution in [0.3, 0.4) is 0 Å². The Labute approximate surface area is 81.7 Å². The predicted octanol–water partition coefficient (Wildman–Crippen LogP) is 2.91. The maximum Gasteiger partial charge on any atom is 0.520 e. The third-order valence-electron chi connectivity index (χ3n) is 0.948. The van der Waals surface area contributed by atoms with E-state index >= 15 is 0 Å². The normalized spacial score (nSPS) is 12.0. The molecule has 0 aromatic rings. The number of rotatable bonds is 6. The van der Waals surface area contributed by atoms with Gasteiger partial charge in [0.1, 0.15) is 0 Å². The molecule has 0 aromatic carbocycles. The summed E-state index contributed by atoms with van der Waals surface area (Å²) < 4.78 is 10.6. The Bertz CT molecular complexity index is 92.6. The first-order valence-corrected chi connectivity index (χ1v) is 8.86. The lowest BCUT2D eigenvalue weighted by atomic mass is 10.5. The molecule has 0 amide bonds. The largest absolute Gasteiger partial charge is 0.520 e. The molecule has 0 rings (SSSR count). The van der Waals surface area contributed by atoms with Gasteiger partial charge in [-0.05, 0) is 28.1 Å². The van der Waals surface area contributed by atoms with Crippen molar-refractivity contribution in [2.45, 2.75) is 26.7 Å². The van der Waals surface area contributed by atoms with Crippen molar-refractivity contribution in [1.29, 1.82) is 0 Å². The quantitative estimate of drug-likeness (QED) is 0.541. The highest BCUT2D eigenvalue weighted by molar-refractivity contribution is 9.26. The average Bonchev–Trinajstić information content (AvgIpc) is 1.97. The van der Waals surface area contributed by atoms with E-state index in [1.807, 2.05) is 13.8 Å². The first kappa shape index (κ1) is 11.9. The molecule has 0 fully saturated rings. The maximum absolute atomic E-state index is 5.90. The molecule has 0 spiro atoms. The van der Waals surface area contributed by atoms with Crippen LogP contribution in [0.2, 0.25) is 0 Å². The highest BCUT2D eigenvalue weighted by atomic mass is 79.9. The fraction of sp³-hybridized carbons (Fsp3) is 1.00. The van der Waals surface area contributed by atoms with Gasteiger partial charge >= 0.3 is 6.49 Å². The summed E-state index contributed by atoms with van der Waals surface area (Å²) in [4.78, 5) is 0. The molecule has 0 atom stereocenters. The molecule has 0 aromatic heterocycles. The molecule has 68 valence electrons. The summed E-state index contributed by atoms with van der Waals surface area (Å²) in [5.74, 6) is 0. The van der Waals surface area contributed by atoms with E-state index in [1.54, 1.807) is 0 Å². The minimum Gasteiger partial charge on any atom is -0.375 e. The summed E-state index contributed by atoms with van der Waals surface area (Å²) in [5, 5.41) is 0. The van der Waals surface area contributed by atoms with Crippen molar-refractivity contribution in [3.05, 3.63) is 0 Å². The van der Waals surface area contributed by atoms with Gasteiger partial charge in [0.15, 0.2) is 0 Å². The van der Waals surface area contributed by atoms with Gasteiger partial charge in [-0.3, -0.25) is 0 Å². The zero-order chi connectivity index (χ0) is 8.74. The summed E-state index contributed by atoms with van der Waals surface area (Å²) >= 11 is 9.15. The van der Waals surface area contributed by atoms with Crippen LogP contribution in [-0.2, 0) is 8.85 Å². The summed E-state index contributed by atoms with van der Waals surface area (Å²) in [6, 6.07) is 0. The number of halogens is 2. The monoisotopic (exact) mass is 260 g/mol. The molecule has 5 heteroatoms. The Morgan fingerprint density at radius 3 is 1.82 bits per heavy atom. The summed E-state index contributed by atoms with van der Waals surface area (Å²) in [6.45, 7) is 2.93. The van der Waals surface area contributed by atoms with Gasteiger partial charge in [-0.25, -0.2) is 0 Å². The van der Waals surface area contributed by atoms with Crippen molar-refractivity contribution in [2.75, 3.05) is 13.2 Å². The van der Waals surface area contributed by atoms with Crippen molar-refractivity contribution in [3.8, 4) is 0 Å². The highest BCUT2D eigenvalue weighted by Crippen LogP contribution is 2.20. The molecule has 0 radical (unpaired) electrons. The Hall–Kier alpha value is 0.907. The molecule has 11 heavy (non-hydrogen) atoms. The van der Waals surface area contributed by atoms with Crippen molar-refractivity contribution in [3.63, 3.8) is 0 Å². The smallest absolute Gasteiger partial charge is 0.375 e. The third kappa shape index (κ3) is 7.27. The Kier molecular flexibility index (Phi) is 6.96. The van der Waals surface area contributed by atoms with Crippen molar-refractivity contribution in [2.24, 2.45) is 0 Å². The molecule has 2 nitrogen and oxygen atoms in total. The second-order valence-corrected chi connectivity index (χ2v) is 9.66. The van der Waals surface area contributed by atoms with Gasteiger partial charge in [0.2, 0.25) is 0 Å². The third-order valence-corrected chi connectivity index (χ3v) is 4.06. The van der Waals surface area contributed by atoms with Crippen LogP contribution < -0.4 is 0 Å². The number of hydrogen-bond donors (Lipinski definition) is 0. The Morgan fingerprint density at radius 1 is 1.18 bits per heavy atom. The molecule has 0 heterocycles. The van der Waals surface area contributed by atoms with Gasteiger partial charge in [-0.1, -0.05) is 24.9 Å². The standard InChI is InChI=1S/C6H14BrClO2Si/c1-3-5-9-11(7,8)10-6-4-2/h3-6H2,1-2H3. The molecule has 0 aliphatic carbocycles. The van der Waals surface area contributed by atoms with Crippen LogP contribution in [0.1, 0.15) is 26.7 Å². The molecule has 0 bridgehead atoms. The van der Waals surface area contributed by atoms with E-state index in [9.17, 15) is 0 Å². The van der Waals surface area contributed by atoms with Crippen LogP contribution in [-0.4, -0.2) is 19.7 Å². The van der Waals surface area contributed by atoms with Gasteiger partial charge in [0, 0.05) is 13.2 Å². The summed E-state index contributed by atoms with van der Waals surface area (Å²) in [6.07, 6.45) is 1.92. The predicted molar refractivity (Wildman–Crippen MR) is 53.0 cm³/mol. The lowest BCUT2D eigenvalue weighted by Gasteiger charge is -2.16. The van der Waals surface area contributed by atoms with Crippen molar-refractivity contribution >= 4 is 32.9 Å². The SMILES string of the molecule is CCCO[Si](Cl)(Br)OCCC. The molecule has 0 N–H and O–H groups in total. The highest BCUT2D eigenvalue weighted by Gasteiger charge is 2.31. The molecular weight excluding hydrogens is 248 g/mol. The molecule has 0 saturated carbocycles. The topological polar surface area (TPSA) is 18.5 Å². The van der Waals surface area contributed by atoms with E-state index in [0.29, 0.717) is 13.2 Å². The molecule has 0 aliphatic heterocycles. The lowest BCUT2D eigenvalue weighted by molar-refractivity contribution is 0.208. The van der Waals surface area contributed by atoms with E-state index in [-0.39, 0.29) is 0 Å². The minimum atomic E-state index is -2.46. The zero-order valence-electron chi connectivity index (χ0n) is 6.90. The van der Waals surface area contributed by atoms with Crippen LogP contribution in [0.25, 0.3) is 0 Å². The van der Waals surface area contributed by atoms with Crippen LogP contribution in [0.5, 0.6) is 0 Å². The average molecular weight is 262 g/mol. The van der Waals surface area contributed by atoms with E-state index in [4.69, 9.17) is 19.9 Å². The van der Waals surface area contributed by atoms with Gasteiger partial charge in [-0.15, -0.1) is 0 Å². The summed E-state index contributed by atoms with van der Waals surface area (Å²) in [7, 11) is 0. The first-order chi connectivity index (χ1) is 5.12. The van der Waals surface area contributed by atoms with Gasteiger partial charge in [0.25, 0.3) is 0 Å². The van der Waals surface area contributed by atoms with Crippen molar-refractivity contribution in [1.82, 2.24) is 0 Å². The van der Waals surface area contributed by atoms with E-state index in [2.05, 4.69) is 15.3 Å². The molecular formula is C6H14BrClO2Si. The van der Waals surface area contributed by atoms with Gasteiger partial charge < -0.3 is 8.85 Å². The fourth-order valence-corrected chi connectivity index (χ4v) is 2.88. The van der Waals surface area contributed by atoms with Crippen molar-refractivity contribution < 1.29 is 8.85 Å². The second kappa shape index (κ2) is 6.43. The zero-order valence-corrected chi connectivity index (χ0v) is 10.2. The Morgan fingerprint density at radius 2 is 1.55 bits per heavy atom. The second-order valence-electron chi connectivity index (χ2n) is 2.16. The first-order valence-electron chi connectivity index (χ1n) is 3.78. The maximum atomic E-state index is 5.90. The Balaban J connectivity index is 3.43. The van der Waals surface area contributed by atoms with E-state index in [0.717, 1.165) is 12.8 Å². The van der Waals surface area contributed by atoms with Crippen LogP contribution >= 0.6 is 26.4 Å². The minimum absolute atomic E-state index is 0.657. The molecule has 0 aliphatic rings. The van der Waals surface area contributed by atoms with Gasteiger partial charge in [0.05, 0.1) is 0 Å². The number of hydrogen-bond acceptors (Lipinski definition) is 2. The molecule has 0 unspecified atom stereocenters.